The molecule has 0 aliphatic carbocycles. The Labute approximate surface area is 132 Å². The second kappa shape index (κ2) is 6.72. The lowest BCUT2D eigenvalue weighted by Crippen LogP contribution is -2.04. The minimum atomic E-state index is -0.379. The van der Waals surface area contributed by atoms with Gasteiger partial charge in [0.05, 0.1) is 4.92 Å². The molecule has 0 aromatic heterocycles. The lowest BCUT2D eigenvalue weighted by Gasteiger charge is -2.15. The van der Waals surface area contributed by atoms with Crippen LogP contribution in [-0.4, -0.2) is 4.92 Å². The highest BCUT2D eigenvalue weighted by molar-refractivity contribution is 9.10. The van der Waals surface area contributed by atoms with E-state index in [9.17, 15) is 10.1 Å². The van der Waals surface area contributed by atoms with Gasteiger partial charge in [0.25, 0.3) is 5.69 Å². The van der Waals surface area contributed by atoms with Gasteiger partial charge in [-0.3, -0.25) is 10.1 Å². The van der Waals surface area contributed by atoms with Crippen molar-refractivity contribution in [2.24, 2.45) is 0 Å². The largest absolute Gasteiger partial charge is 0.381 e. The van der Waals surface area contributed by atoms with Gasteiger partial charge in [-0.25, -0.2) is 0 Å². The number of benzene rings is 2. The fraction of sp³-hybridized carbons (Fsp3) is 0.250. The molecule has 5 heteroatoms. The summed E-state index contributed by atoms with van der Waals surface area (Å²) in [5.74, 6) is 0.419. The van der Waals surface area contributed by atoms with Crippen molar-refractivity contribution in [3.63, 3.8) is 0 Å². The van der Waals surface area contributed by atoms with E-state index in [1.54, 1.807) is 6.07 Å². The summed E-state index contributed by atoms with van der Waals surface area (Å²) in [5, 5.41) is 14.3. The van der Waals surface area contributed by atoms with Gasteiger partial charge in [0.1, 0.15) is 4.47 Å². The molecule has 0 radical (unpaired) electrons. The molecule has 0 saturated carbocycles. The minimum Gasteiger partial charge on any atom is -0.381 e. The predicted octanol–water partition coefficient (Wildman–Crippen LogP) is 5.09. The number of halogens is 1. The Balaban J connectivity index is 2.21. The highest BCUT2D eigenvalue weighted by atomic mass is 79.9. The Morgan fingerprint density at radius 1 is 1.19 bits per heavy atom. The number of nitrogens with one attached hydrogen (secondary N) is 1. The van der Waals surface area contributed by atoms with E-state index in [0.717, 1.165) is 11.3 Å². The number of hydrogen-bond acceptors (Lipinski definition) is 3. The summed E-state index contributed by atoms with van der Waals surface area (Å²) in [6.45, 7) is 4.82. The molecule has 21 heavy (non-hydrogen) atoms. The molecule has 0 amide bonds. The third kappa shape index (κ3) is 3.61. The van der Waals surface area contributed by atoms with Crippen molar-refractivity contribution in [1.82, 2.24) is 0 Å². The third-order valence-electron chi connectivity index (χ3n) is 3.31. The molecule has 0 saturated heterocycles. The van der Waals surface area contributed by atoms with Crippen LogP contribution in [0.15, 0.2) is 46.9 Å². The van der Waals surface area contributed by atoms with Gasteiger partial charge in [0.15, 0.2) is 0 Å². The van der Waals surface area contributed by atoms with Crippen LogP contribution >= 0.6 is 15.9 Å². The SMILES string of the molecule is CC(C)c1ccccc1NCc1cccc([N+](=O)[O-])c1Br. The maximum absolute atomic E-state index is 10.9. The van der Waals surface area contributed by atoms with Gasteiger partial charge in [-0.05, 0) is 39.0 Å². The number of nitrogens with zero attached hydrogens (tertiary/aromatic N) is 1. The number of rotatable bonds is 5. The van der Waals surface area contributed by atoms with E-state index in [-0.39, 0.29) is 10.6 Å². The molecule has 110 valence electrons. The summed E-state index contributed by atoms with van der Waals surface area (Å²) in [7, 11) is 0. The van der Waals surface area contributed by atoms with Gasteiger partial charge in [-0.15, -0.1) is 0 Å². The van der Waals surface area contributed by atoms with Crippen LogP contribution in [0.4, 0.5) is 11.4 Å². The molecule has 0 spiro atoms. The average Bonchev–Trinajstić information content (AvgIpc) is 2.46. The van der Waals surface area contributed by atoms with E-state index >= 15 is 0 Å². The van der Waals surface area contributed by atoms with Gasteiger partial charge in [-0.1, -0.05) is 44.2 Å². The molecule has 0 aliphatic heterocycles. The normalized spacial score (nSPS) is 10.7. The van der Waals surface area contributed by atoms with Crippen molar-refractivity contribution in [1.29, 1.82) is 0 Å². The molecule has 2 aromatic carbocycles. The van der Waals surface area contributed by atoms with Crippen LogP contribution in [-0.2, 0) is 6.54 Å². The standard InChI is InChI=1S/C16H17BrN2O2/c1-11(2)13-7-3-4-8-14(13)18-10-12-6-5-9-15(16(12)17)19(20)21/h3-9,11,18H,10H2,1-2H3. The summed E-state index contributed by atoms with van der Waals surface area (Å²) in [6.07, 6.45) is 0. The average molecular weight is 349 g/mol. The molecule has 4 nitrogen and oxygen atoms in total. The van der Waals surface area contributed by atoms with E-state index < -0.39 is 0 Å². The molecule has 2 rings (SSSR count). The van der Waals surface area contributed by atoms with Crippen LogP contribution in [0.2, 0.25) is 0 Å². The number of nitro benzene ring substituents is 1. The smallest absolute Gasteiger partial charge is 0.283 e. The predicted molar refractivity (Wildman–Crippen MR) is 88.7 cm³/mol. The van der Waals surface area contributed by atoms with Crippen molar-refractivity contribution >= 4 is 27.3 Å². The molecule has 2 aromatic rings. The summed E-state index contributed by atoms with van der Waals surface area (Å²) in [5.41, 5.74) is 3.25. The summed E-state index contributed by atoms with van der Waals surface area (Å²) in [6, 6.07) is 13.2. The molecule has 0 bridgehead atoms. The number of nitro groups is 1. The molecule has 0 aliphatic rings. The Morgan fingerprint density at radius 3 is 2.57 bits per heavy atom. The molecule has 0 atom stereocenters. The summed E-state index contributed by atoms with van der Waals surface area (Å²) < 4.78 is 0.532. The maximum Gasteiger partial charge on any atom is 0.283 e. The van der Waals surface area contributed by atoms with Gasteiger partial charge in [0.2, 0.25) is 0 Å². The fourth-order valence-corrected chi connectivity index (χ4v) is 2.74. The Bertz CT molecular complexity index is 656. The van der Waals surface area contributed by atoms with Gasteiger partial charge in [0, 0.05) is 18.3 Å². The molecular weight excluding hydrogens is 332 g/mol. The monoisotopic (exact) mass is 348 g/mol. The van der Waals surface area contributed by atoms with Crippen LogP contribution in [0.5, 0.6) is 0 Å². The third-order valence-corrected chi connectivity index (χ3v) is 4.22. The first-order chi connectivity index (χ1) is 10.0. The quantitative estimate of drug-likeness (QED) is 0.604. The topological polar surface area (TPSA) is 55.2 Å². The second-order valence-corrected chi connectivity index (χ2v) is 5.90. The fourth-order valence-electron chi connectivity index (χ4n) is 2.20. The Hall–Kier alpha value is -1.88. The van der Waals surface area contributed by atoms with Crippen LogP contribution in [0.1, 0.15) is 30.9 Å². The highest BCUT2D eigenvalue weighted by Crippen LogP contribution is 2.30. The first-order valence-corrected chi connectivity index (χ1v) is 7.54. The van der Waals surface area contributed by atoms with Crippen LogP contribution in [0, 0.1) is 10.1 Å². The van der Waals surface area contributed by atoms with Gasteiger partial charge in [-0.2, -0.15) is 0 Å². The molecular formula is C16H17BrN2O2. The zero-order valence-electron chi connectivity index (χ0n) is 12.0. The number of para-hydroxylation sites is 1. The Morgan fingerprint density at radius 2 is 1.90 bits per heavy atom. The van der Waals surface area contributed by atoms with E-state index in [4.69, 9.17) is 0 Å². The lowest BCUT2D eigenvalue weighted by atomic mass is 10.0. The second-order valence-electron chi connectivity index (χ2n) is 5.10. The Kier molecular flexibility index (Phi) is 4.96. The first-order valence-electron chi connectivity index (χ1n) is 6.75. The van der Waals surface area contributed by atoms with Crippen molar-refractivity contribution in [3.05, 3.63) is 68.2 Å². The minimum absolute atomic E-state index is 0.0893. The van der Waals surface area contributed by atoms with Crippen molar-refractivity contribution in [2.75, 3.05) is 5.32 Å². The van der Waals surface area contributed by atoms with Crippen LogP contribution in [0.25, 0.3) is 0 Å². The van der Waals surface area contributed by atoms with Gasteiger partial charge >= 0.3 is 0 Å². The van der Waals surface area contributed by atoms with Gasteiger partial charge < -0.3 is 5.32 Å². The van der Waals surface area contributed by atoms with E-state index in [1.165, 1.54) is 11.6 Å². The summed E-state index contributed by atoms with van der Waals surface area (Å²) >= 11 is 3.32. The molecule has 0 unspecified atom stereocenters. The number of anilines is 1. The molecule has 0 fully saturated rings. The molecule has 0 heterocycles. The van der Waals surface area contributed by atoms with Crippen molar-refractivity contribution in [2.45, 2.75) is 26.3 Å². The molecule has 1 N–H and O–H groups in total. The van der Waals surface area contributed by atoms with Crippen LogP contribution in [0.3, 0.4) is 0 Å². The van der Waals surface area contributed by atoms with Crippen molar-refractivity contribution in [3.8, 4) is 0 Å². The van der Waals surface area contributed by atoms with Crippen LogP contribution < -0.4 is 5.32 Å². The van der Waals surface area contributed by atoms with E-state index in [2.05, 4.69) is 41.2 Å². The number of hydrogen-bond donors (Lipinski definition) is 1. The van der Waals surface area contributed by atoms with E-state index in [1.807, 2.05) is 24.3 Å². The maximum atomic E-state index is 10.9. The summed E-state index contributed by atoms with van der Waals surface area (Å²) in [4.78, 5) is 10.6. The zero-order valence-corrected chi connectivity index (χ0v) is 13.6. The zero-order chi connectivity index (χ0) is 15.4. The first kappa shape index (κ1) is 15.5. The van der Waals surface area contributed by atoms with Crippen molar-refractivity contribution < 1.29 is 4.92 Å². The highest BCUT2D eigenvalue weighted by Gasteiger charge is 2.15. The lowest BCUT2D eigenvalue weighted by molar-refractivity contribution is -0.385. The van der Waals surface area contributed by atoms with E-state index in [0.29, 0.717) is 16.9 Å².